The van der Waals surface area contributed by atoms with Crippen LogP contribution < -0.4 is 5.32 Å². The molecule has 1 saturated heterocycles. The van der Waals surface area contributed by atoms with Gasteiger partial charge in [-0.05, 0) is 12.8 Å². The molecule has 48 valence electrons. The zero-order chi connectivity index (χ0) is 5.98. The molecule has 2 heteroatoms. The summed E-state index contributed by atoms with van der Waals surface area (Å²) in [4.78, 5) is 0. The Hall–Kier alpha value is -0.0800. The second-order valence-electron chi connectivity index (χ2n) is 2.49. The second kappa shape index (κ2) is 2.46. The molecular weight excluding hydrogens is 102 g/mol. The van der Waals surface area contributed by atoms with Gasteiger partial charge in [-0.2, -0.15) is 0 Å². The van der Waals surface area contributed by atoms with E-state index in [1.807, 2.05) is 6.92 Å². The molecule has 0 aromatic rings. The molecule has 2 nitrogen and oxygen atoms in total. The highest BCUT2D eigenvalue weighted by molar-refractivity contribution is 4.62. The van der Waals surface area contributed by atoms with Crippen LogP contribution >= 0.6 is 0 Å². The zero-order valence-electron chi connectivity index (χ0n) is 5.48. The largest absolute Gasteiger partial charge is 0.363 e. The normalized spacial score (nSPS) is 39.8. The lowest BCUT2D eigenvalue weighted by Crippen LogP contribution is -2.40. The van der Waals surface area contributed by atoms with Crippen LogP contribution in [0.5, 0.6) is 0 Å². The molecule has 1 aliphatic rings. The molecule has 0 bridgehead atoms. The molecule has 1 aliphatic heterocycles. The number of ether oxygens (including phenoxy) is 1. The van der Waals surface area contributed by atoms with Gasteiger partial charge in [0.25, 0.3) is 0 Å². The lowest BCUT2D eigenvalue weighted by Gasteiger charge is -2.25. The van der Waals surface area contributed by atoms with Crippen molar-refractivity contribution in [3.05, 3.63) is 0 Å². The molecule has 1 rings (SSSR count). The Balaban J connectivity index is 2.19. The maximum atomic E-state index is 5.28. The molecule has 0 radical (unpaired) electrons. The zero-order valence-corrected chi connectivity index (χ0v) is 5.48. The van der Waals surface area contributed by atoms with Crippen LogP contribution in [0.4, 0.5) is 0 Å². The minimum atomic E-state index is 0.270. The van der Waals surface area contributed by atoms with Gasteiger partial charge in [-0.15, -0.1) is 0 Å². The molecule has 0 aromatic carbocycles. The third-order valence-electron chi connectivity index (χ3n) is 1.38. The fourth-order valence-electron chi connectivity index (χ4n) is 0.794. The first kappa shape index (κ1) is 6.05. The smallest absolute Gasteiger partial charge is 0.105 e. The van der Waals surface area contributed by atoms with Crippen molar-refractivity contribution in [2.45, 2.75) is 20.1 Å². The van der Waals surface area contributed by atoms with Gasteiger partial charge in [0.05, 0.1) is 6.61 Å². The average molecular weight is 115 g/mol. The summed E-state index contributed by atoms with van der Waals surface area (Å²) >= 11 is 0. The molecule has 2 atom stereocenters. The van der Waals surface area contributed by atoms with Crippen LogP contribution in [0.25, 0.3) is 0 Å². The average Bonchev–Trinajstić information content (AvgIpc) is 1.77. The van der Waals surface area contributed by atoms with Gasteiger partial charge in [0, 0.05) is 6.54 Å². The van der Waals surface area contributed by atoms with Crippen LogP contribution in [-0.2, 0) is 4.74 Å². The highest BCUT2D eigenvalue weighted by atomic mass is 16.5. The molecule has 8 heavy (non-hydrogen) atoms. The van der Waals surface area contributed by atoms with E-state index < -0.39 is 0 Å². The van der Waals surface area contributed by atoms with Crippen molar-refractivity contribution in [3.63, 3.8) is 0 Å². The van der Waals surface area contributed by atoms with E-state index in [1.165, 1.54) is 0 Å². The molecule has 0 unspecified atom stereocenters. The summed E-state index contributed by atoms with van der Waals surface area (Å²) in [5.74, 6) is 0.686. The van der Waals surface area contributed by atoms with Crippen molar-refractivity contribution >= 4 is 0 Å². The summed E-state index contributed by atoms with van der Waals surface area (Å²) in [7, 11) is 0. The van der Waals surface area contributed by atoms with Crippen LogP contribution in [0, 0.1) is 5.92 Å². The van der Waals surface area contributed by atoms with Crippen molar-refractivity contribution in [2.75, 3.05) is 13.2 Å². The SMILES string of the molecule is C[C@H]1CN[C@@H](C)OC1. The van der Waals surface area contributed by atoms with E-state index in [-0.39, 0.29) is 6.23 Å². The molecule has 0 amide bonds. The summed E-state index contributed by atoms with van der Waals surface area (Å²) in [6, 6.07) is 0. The van der Waals surface area contributed by atoms with Crippen molar-refractivity contribution in [1.82, 2.24) is 5.32 Å². The van der Waals surface area contributed by atoms with Crippen LogP contribution in [0.3, 0.4) is 0 Å². The molecular formula is C6H13NO. The van der Waals surface area contributed by atoms with Gasteiger partial charge in [0.1, 0.15) is 6.23 Å². The van der Waals surface area contributed by atoms with Crippen LogP contribution in [0.2, 0.25) is 0 Å². The van der Waals surface area contributed by atoms with E-state index in [2.05, 4.69) is 12.2 Å². The summed E-state index contributed by atoms with van der Waals surface area (Å²) in [6.45, 7) is 6.22. The van der Waals surface area contributed by atoms with Gasteiger partial charge in [-0.1, -0.05) is 6.92 Å². The maximum absolute atomic E-state index is 5.28. The molecule has 1 fully saturated rings. The minimum Gasteiger partial charge on any atom is -0.363 e. The van der Waals surface area contributed by atoms with Gasteiger partial charge in [0.2, 0.25) is 0 Å². The quantitative estimate of drug-likeness (QED) is 0.499. The lowest BCUT2D eigenvalue weighted by atomic mass is 10.2. The van der Waals surface area contributed by atoms with E-state index in [0.717, 1.165) is 13.2 Å². The first-order valence-corrected chi connectivity index (χ1v) is 3.14. The maximum Gasteiger partial charge on any atom is 0.105 e. The summed E-state index contributed by atoms with van der Waals surface area (Å²) in [6.07, 6.45) is 0.270. The first-order valence-electron chi connectivity index (χ1n) is 3.14. The summed E-state index contributed by atoms with van der Waals surface area (Å²) in [5.41, 5.74) is 0. The Kier molecular flexibility index (Phi) is 1.86. The van der Waals surface area contributed by atoms with Crippen molar-refractivity contribution < 1.29 is 4.74 Å². The highest BCUT2D eigenvalue weighted by Gasteiger charge is 2.12. The van der Waals surface area contributed by atoms with Crippen LogP contribution in [-0.4, -0.2) is 19.4 Å². The summed E-state index contributed by atoms with van der Waals surface area (Å²) < 4.78 is 5.28. The van der Waals surface area contributed by atoms with E-state index in [4.69, 9.17) is 4.74 Å². The lowest BCUT2D eigenvalue weighted by molar-refractivity contribution is -0.0121. The molecule has 0 spiro atoms. The van der Waals surface area contributed by atoms with Crippen LogP contribution in [0.15, 0.2) is 0 Å². The fourth-order valence-corrected chi connectivity index (χ4v) is 0.794. The molecule has 1 heterocycles. The number of nitrogens with one attached hydrogen (secondary N) is 1. The monoisotopic (exact) mass is 115 g/mol. The van der Waals surface area contributed by atoms with E-state index in [9.17, 15) is 0 Å². The predicted molar refractivity (Wildman–Crippen MR) is 32.6 cm³/mol. The summed E-state index contributed by atoms with van der Waals surface area (Å²) in [5, 5.41) is 3.21. The van der Waals surface area contributed by atoms with Gasteiger partial charge in [0.15, 0.2) is 0 Å². The Labute approximate surface area is 50.2 Å². The Morgan fingerprint density at radius 1 is 1.50 bits per heavy atom. The molecule has 0 saturated carbocycles. The van der Waals surface area contributed by atoms with Gasteiger partial charge >= 0.3 is 0 Å². The van der Waals surface area contributed by atoms with Crippen molar-refractivity contribution in [1.29, 1.82) is 0 Å². The third kappa shape index (κ3) is 1.46. The number of rotatable bonds is 0. The molecule has 0 aromatic heterocycles. The highest BCUT2D eigenvalue weighted by Crippen LogP contribution is 2.02. The predicted octanol–water partition coefficient (Wildman–Crippen LogP) is 0.588. The minimum absolute atomic E-state index is 0.270. The van der Waals surface area contributed by atoms with Gasteiger partial charge in [-0.25, -0.2) is 0 Å². The number of hydrogen-bond donors (Lipinski definition) is 1. The van der Waals surface area contributed by atoms with E-state index in [1.54, 1.807) is 0 Å². The number of hydrogen-bond acceptors (Lipinski definition) is 2. The van der Waals surface area contributed by atoms with Crippen LogP contribution in [0.1, 0.15) is 13.8 Å². The topological polar surface area (TPSA) is 21.3 Å². The van der Waals surface area contributed by atoms with Crippen molar-refractivity contribution in [2.24, 2.45) is 5.92 Å². The van der Waals surface area contributed by atoms with Crippen molar-refractivity contribution in [3.8, 4) is 0 Å². The Morgan fingerprint density at radius 2 is 2.25 bits per heavy atom. The van der Waals surface area contributed by atoms with E-state index in [0.29, 0.717) is 5.92 Å². The molecule has 0 aliphatic carbocycles. The fraction of sp³-hybridized carbons (Fsp3) is 1.00. The second-order valence-corrected chi connectivity index (χ2v) is 2.49. The third-order valence-corrected chi connectivity index (χ3v) is 1.38. The van der Waals surface area contributed by atoms with E-state index >= 15 is 0 Å². The first-order chi connectivity index (χ1) is 3.79. The van der Waals surface area contributed by atoms with Gasteiger partial charge in [-0.3, -0.25) is 5.32 Å². The van der Waals surface area contributed by atoms with Gasteiger partial charge < -0.3 is 4.74 Å². The molecule has 1 N–H and O–H groups in total. The Morgan fingerprint density at radius 3 is 2.62 bits per heavy atom. The standard InChI is InChI=1S/C6H13NO/c1-5-3-7-6(2)8-4-5/h5-7H,3-4H2,1-2H3/t5-,6+/m0/s1. The Bertz CT molecular complexity index is 56.9.